The van der Waals surface area contributed by atoms with Crippen molar-refractivity contribution >= 4 is 29.6 Å². The number of nitrogens with one attached hydrogen (secondary N) is 1. The minimum absolute atomic E-state index is 0.0777. The zero-order valence-electron chi connectivity index (χ0n) is 11.3. The molecule has 0 radical (unpaired) electrons. The Morgan fingerprint density at radius 1 is 1.19 bits per heavy atom. The molecule has 0 aliphatic carbocycles. The first-order valence-electron chi connectivity index (χ1n) is 6.45. The number of carboxylic acid groups (broad SMARTS) is 1. The number of primary amides is 1. The number of aliphatic carboxylic acids is 1. The predicted octanol–water partition coefficient (Wildman–Crippen LogP) is -1.64. The molecule has 21 heavy (non-hydrogen) atoms. The average Bonchev–Trinajstić information content (AvgIpc) is 2.71. The minimum Gasteiger partial charge on any atom is -0.480 e. The number of carboxylic acids is 1. The molecule has 0 saturated carbocycles. The smallest absolute Gasteiger partial charge is 0.326 e. The first-order valence-corrected chi connectivity index (χ1v) is 6.45. The zero-order valence-corrected chi connectivity index (χ0v) is 11.3. The fourth-order valence-electron chi connectivity index (χ4n) is 1.90. The van der Waals surface area contributed by atoms with Gasteiger partial charge in [0.05, 0.1) is 0 Å². The highest BCUT2D eigenvalue weighted by Gasteiger charge is 2.29. The van der Waals surface area contributed by atoms with Gasteiger partial charge in [0.15, 0.2) is 0 Å². The van der Waals surface area contributed by atoms with Crippen molar-refractivity contribution in [3.63, 3.8) is 0 Å². The Labute approximate surface area is 120 Å². The maximum absolute atomic E-state index is 11.6. The summed E-state index contributed by atoms with van der Waals surface area (Å²) in [5, 5.41) is 11.1. The van der Waals surface area contributed by atoms with Crippen LogP contribution < -0.4 is 11.1 Å². The quantitative estimate of drug-likeness (QED) is 0.458. The van der Waals surface area contributed by atoms with E-state index in [1.165, 1.54) is 0 Å². The molecular formula is C12H17N3O6. The van der Waals surface area contributed by atoms with Gasteiger partial charge in [-0.15, -0.1) is 0 Å². The Hall–Kier alpha value is -2.45. The van der Waals surface area contributed by atoms with E-state index < -0.39 is 23.8 Å². The molecule has 0 aromatic carbocycles. The molecule has 0 aromatic heterocycles. The van der Waals surface area contributed by atoms with Crippen LogP contribution in [0.15, 0.2) is 0 Å². The fraction of sp³-hybridized carbons (Fsp3) is 0.583. The molecule has 1 fully saturated rings. The van der Waals surface area contributed by atoms with Gasteiger partial charge in [-0.3, -0.25) is 24.1 Å². The number of amides is 4. The standard InChI is InChI=1S/C12H17N3O6/c13-8(16)2-1-7(12(20)21)14-9(17)5-6-15-10(18)3-4-11(15)19/h7H,1-6H2,(H2,13,16)(H,14,17)(H,20,21)/t7-/m0/s1. The molecule has 116 valence electrons. The third kappa shape index (κ3) is 5.21. The maximum atomic E-state index is 11.6. The number of hydrogen-bond donors (Lipinski definition) is 3. The summed E-state index contributed by atoms with van der Waals surface area (Å²) in [6.45, 7) is -0.0777. The highest BCUT2D eigenvalue weighted by atomic mass is 16.4. The van der Waals surface area contributed by atoms with Crippen LogP contribution in [0, 0.1) is 0 Å². The first kappa shape index (κ1) is 16.6. The van der Waals surface area contributed by atoms with Gasteiger partial charge in [0.2, 0.25) is 23.6 Å². The van der Waals surface area contributed by atoms with Gasteiger partial charge in [0.1, 0.15) is 6.04 Å². The summed E-state index contributed by atoms with van der Waals surface area (Å²) in [6.07, 6.45) is -0.191. The topological polar surface area (TPSA) is 147 Å². The van der Waals surface area contributed by atoms with E-state index in [-0.39, 0.29) is 50.5 Å². The normalized spacial score (nSPS) is 15.9. The second kappa shape index (κ2) is 7.36. The number of hydrogen-bond acceptors (Lipinski definition) is 5. The summed E-state index contributed by atoms with van der Waals surface area (Å²) in [5.41, 5.74) is 4.92. The molecule has 0 bridgehead atoms. The van der Waals surface area contributed by atoms with Gasteiger partial charge in [-0.05, 0) is 6.42 Å². The predicted molar refractivity (Wildman–Crippen MR) is 68.6 cm³/mol. The van der Waals surface area contributed by atoms with Gasteiger partial charge < -0.3 is 16.2 Å². The van der Waals surface area contributed by atoms with E-state index in [4.69, 9.17) is 10.8 Å². The van der Waals surface area contributed by atoms with Crippen molar-refractivity contribution in [3.8, 4) is 0 Å². The summed E-state index contributed by atoms with van der Waals surface area (Å²) in [6, 6.07) is -1.23. The molecule has 1 heterocycles. The van der Waals surface area contributed by atoms with E-state index >= 15 is 0 Å². The molecule has 1 atom stereocenters. The number of imide groups is 1. The van der Waals surface area contributed by atoms with Crippen molar-refractivity contribution in [3.05, 3.63) is 0 Å². The molecule has 9 heteroatoms. The maximum Gasteiger partial charge on any atom is 0.326 e. The van der Waals surface area contributed by atoms with Gasteiger partial charge in [-0.2, -0.15) is 0 Å². The van der Waals surface area contributed by atoms with E-state index in [1.807, 2.05) is 0 Å². The molecule has 1 aliphatic rings. The van der Waals surface area contributed by atoms with Gasteiger partial charge in [-0.25, -0.2) is 4.79 Å². The highest BCUT2D eigenvalue weighted by Crippen LogP contribution is 2.11. The fourth-order valence-corrected chi connectivity index (χ4v) is 1.90. The van der Waals surface area contributed by atoms with Gasteiger partial charge in [0, 0.05) is 32.2 Å². The van der Waals surface area contributed by atoms with E-state index in [9.17, 15) is 24.0 Å². The summed E-state index contributed by atoms with van der Waals surface area (Å²) in [5.74, 6) is -3.23. The molecule has 0 unspecified atom stereocenters. The van der Waals surface area contributed by atoms with Gasteiger partial charge in [0.25, 0.3) is 0 Å². The second-order valence-corrected chi connectivity index (χ2v) is 4.65. The molecule has 1 saturated heterocycles. The van der Waals surface area contributed by atoms with Crippen LogP contribution >= 0.6 is 0 Å². The lowest BCUT2D eigenvalue weighted by atomic mass is 10.1. The third-order valence-corrected chi connectivity index (χ3v) is 3.03. The zero-order chi connectivity index (χ0) is 16.0. The van der Waals surface area contributed by atoms with Crippen LogP contribution in [0.2, 0.25) is 0 Å². The lowest BCUT2D eigenvalue weighted by Crippen LogP contribution is -2.43. The monoisotopic (exact) mass is 299 g/mol. The van der Waals surface area contributed by atoms with Crippen molar-refractivity contribution in [2.45, 2.75) is 38.1 Å². The Balaban J connectivity index is 2.43. The lowest BCUT2D eigenvalue weighted by molar-refractivity contribution is -0.143. The van der Waals surface area contributed by atoms with Crippen LogP contribution in [0.1, 0.15) is 32.1 Å². The number of carbonyl (C=O) groups is 5. The average molecular weight is 299 g/mol. The number of carbonyl (C=O) groups excluding carboxylic acids is 4. The van der Waals surface area contributed by atoms with Crippen molar-refractivity contribution in [2.75, 3.05) is 6.54 Å². The highest BCUT2D eigenvalue weighted by molar-refractivity contribution is 6.02. The van der Waals surface area contributed by atoms with Crippen molar-refractivity contribution < 1.29 is 29.1 Å². The molecule has 0 spiro atoms. The van der Waals surface area contributed by atoms with E-state index in [0.29, 0.717) is 0 Å². The summed E-state index contributed by atoms with van der Waals surface area (Å²) in [7, 11) is 0. The van der Waals surface area contributed by atoms with E-state index in [1.54, 1.807) is 0 Å². The summed E-state index contributed by atoms with van der Waals surface area (Å²) < 4.78 is 0. The number of nitrogens with two attached hydrogens (primary N) is 1. The number of likely N-dealkylation sites (tertiary alicyclic amines) is 1. The first-order chi connectivity index (χ1) is 9.81. The molecule has 1 rings (SSSR count). The lowest BCUT2D eigenvalue weighted by Gasteiger charge is -2.16. The van der Waals surface area contributed by atoms with E-state index in [0.717, 1.165) is 4.90 Å². The largest absolute Gasteiger partial charge is 0.480 e. The number of rotatable bonds is 8. The summed E-state index contributed by atoms with van der Waals surface area (Å²) >= 11 is 0. The van der Waals surface area contributed by atoms with Crippen LogP contribution in [-0.2, 0) is 24.0 Å². The summed E-state index contributed by atoms with van der Waals surface area (Å²) in [4.78, 5) is 56.8. The van der Waals surface area contributed by atoms with Crippen molar-refractivity contribution in [1.29, 1.82) is 0 Å². The third-order valence-electron chi connectivity index (χ3n) is 3.03. The minimum atomic E-state index is -1.28. The molecule has 4 amide bonds. The number of nitrogens with zero attached hydrogens (tertiary/aromatic N) is 1. The van der Waals surface area contributed by atoms with Crippen LogP contribution in [0.4, 0.5) is 0 Å². The molecule has 0 aromatic rings. The Bertz CT molecular complexity index is 460. The van der Waals surface area contributed by atoms with Crippen molar-refractivity contribution in [1.82, 2.24) is 10.2 Å². The SMILES string of the molecule is NC(=O)CC[C@H](NC(=O)CCN1C(=O)CCC1=O)C(=O)O. The molecule has 1 aliphatic heterocycles. The van der Waals surface area contributed by atoms with E-state index in [2.05, 4.69) is 5.32 Å². The molecule has 9 nitrogen and oxygen atoms in total. The Morgan fingerprint density at radius 3 is 2.24 bits per heavy atom. The van der Waals surface area contributed by atoms with Crippen LogP contribution in [0.5, 0.6) is 0 Å². The second-order valence-electron chi connectivity index (χ2n) is 4.65. The molecular weight excluding hydrogens is 282 g/mol. The van der Waals surface area contributed by atoms with Gasteiger partial charge >= 0.3 is 5.97 Å². The Morgan fingerprint density at radius 2 is 1.76 bits per heavy atom. The van der Waals surface area contributed by atoms with Gasteiger partial charge in [-0.1, -0.05) is 0 Å². The van der Waals surface area contributed by atoms with Crippen molar-refractivity contribution in [2.24, 2.45) is 5.73 Å². The van der Waals surface area contributed by atoms with Crippen LogP contribution in [-0.4, -0.2) is 52.2 Å². The van der Waals surface area contributed by atoms with Crippen LogP contribution in [0.25, 0.3) is 0 Å². The molecule has 4 N–H and O–H groups in total. The Kier molecular flexibility index (Phi) is 5.82. The van der Waals surface area contributed by atoms with Crippen LogP contribution in [0.3, 0.4) is 0 Å².